The van der Waals surface area contributed by atoms with Crippen LogP contribution in [-0.2, 0) is 0 Å². The first-order valence-electron chi connectivity index (χ1n) is 11.6. The summed E-state index contributed by atoms with van der Waals surface area (Å²) in [5.41, 5.74) is 2.45. The average molecular weight is 507 g/mol. The molecule has 0 bridgehead atoms. The number of fused-ring (bicyclic) bond motifs is 1. The molecule has 4 aromatic rings. The summed E-state index contributed by atoms with van der Waals surface area (Å²) in [6.45, 7) is 3.27. The van der Waals surface area contributed by atoms with Crippen molar-refractivity contribution >= 4 is 33.9 Å². The molecule has 2 aromatic carbocycles. The number of ether oxygens (including phenoxy) is 2. The first kappa shape index (κ1) is 25.6. The minimum atomic E-state index is -0.407. The molecule has 0 radical (unpaired) electrons. The van der Waals surface area contributed by atoms with E-state index >= 15 is 0 Å². The van der Waals surface area contributed by atoms with Crippen LogP contribution in [0.3, 0.4) is 0 Å². The molecule has 0 aliphatic carbocycles. The number of anilines is 3. The third-order valence-corrected chi connectivity index (χ3v) is 5.96. The average Bonchev–Trinajstić information content (AvgIpc) is 3.22. The van der Waals surface area contributed by atoms with Crippen molar-refractivity contribution in [3.8, 4) is 17.3 Å². The largest absolute Gasteiger partial charge is 0.497 e. The SMILES string of the molecule is COc1ccc2c(C)nn(-c3ccnc(Nc4cc([N+](=O)[O-])c(N(C)CCN(C)C)cc4OC)n3)c2c1. The second kappa shape index (κ2) is 10.7. The molecular weight excluding hydrogens is 476 g/mol. The molecule has 0 spiro atoms. The van der Waals surface area contributed by atoms with Gasteiger partial charge in [0, 0.05) is 56.0 Å². The number of nitrogens with one attached hydrogen (secondary N) is 1. The van der Waals surface area contributed by atoms with E-state index in [0.29, 0.717) is 35.2 Å². The molecule has 12 nitrogen and oxygen atoms in total. The predicted molar refractivity (Wildman–Crippen MR) is 143 cm³/mol. The van der Waals surface area contributed by atoms with Gasteiger partial charge in [0.2, 0.25) is 5.95 Å². The van der Waals surface area contributed by atoms with Crippen LogP contribution in [0.2, 0.25) is 0 Å². The first-order valence-corrected chi connectivity index (χ1v) is 11.6. The molecule has 0 fully saturated rings. The molecule has 194 valence electrons. The van der Waals surface area contributed by atoms with Crippen LogP contribution < -0.4 is 19.7 Å². The number of methoxy groups -OCH3 is 2. The van der Waals surface area contributed by atoms with Crippen molar-refractivity contribution in [2.75, 3.05) is 58.7 Å². The van der Waals surface area contributed by atoms with Crippen LogP contribution in [0.4, 0.5) is 23.0 Å². The van der Waals surface area contributed by atoms with Crippen LogP contribution in [0.1, 0.15) is 5.69 Å². The number of aromatic nitrogens is 4. The maximum absolute atomic E-state index is 11.9. The van der Waals surface area contributed by atoms with Gasteiger partial charge in [-0.05, 0) is 33.2 Å². The highest BCUT2D eigenvalue weighted by Gasteiger charge is 2.22. The lowest BCUT2D eigenvalue weighted by Crippen LogP contribution is -2.28. The van der Waals surface area contributed by atoms with E-state index in [-0.39, 0.29) is 11.6 Å². The second-order valence-corrected chi connectivity index (χ2v) is 8.77. The number of aryl methyl sites for hydroxylation is 1. The molecule has 0 saturated heterocycles. The minimum Gasteiger partial charge on any atom is -0.497 e. The number of nitrogens with zero attached hydrogens (tertiary/aromatic N) is 7. The number of rotatable bonds is 10. The summed E-state index contributed by atoms with van der Waals surface area (Å²) in [5.74, 6) is 1.89. The van der Waals surface area contributed by atoms with Gasteiger partial charge in [0.1, 0.15) is 17.2 Å². The monoisotopic (exact) mass is 506 g/mol. The Labute approximate surface area is 214 Å². The third-order valence-electron chi connectivity index (χ3n) is 5.96. The summed E-state index contributed by atoms with van der Waals surface area (Å²) in [4.78, 5) is 24.3. The topological polar surface area (TPSA) is 124 Å². The lowest BCUT2D eigenvalue weighted by atomic mass is 10.2. The summed E-state index contributed by atoms with van der Waals surface area (Å²) >= 11 is 0. The number of likely N-dealkylation sites (N-methyl/N-ethyl adjacent to an activating group) is 2. The third kappa shape index (κ3) is 5.38. The lowest BCUT2D eigenvalue weighted by Gasteiger charge is -2.22. The van der Waals surface area contributed by atoms with Crippen molar-refractivity contribution in [1.29, 1.82) is 0 Å². The maximum atomic E-state index is 11.9. The van der Waals surface area contributed by atoms with E-state index in [1.165, 1.54) is 13.2 Å². The summed E-state index contributed by atoms with van der Waals surface area (Å²) < 4.78 is 12.6. The minimum absolute atomic E-state index is 0.0542. The Hall–Kier alpha value is -4.45. The summed E-state index contributed by atoms with van der Waals surface area (Å²) in [7, 11) is 8.84. The van der Waals surface area contributed by atoms with Crippen LogP contribution >= 0.6 is 0 Å². The number of hydrogen-bond acceptors (Lipinski definition) is 10. The van der Waals surface area contributed by atoms with Gasteiger partial charge in [-0.3, -0.25) is 10.1 Å². The van der Waals surface area contributed by atoms with Gasteiger partial charge in [0.15, 0.2) is 5.82 Å². The van der Waals surface area contributed by atoms with Gasteiger partial charge in [-0.1, -0.05) is 0 Å². The van der Waals surface area contributed by atoms with Gasteiger partial charge < -0.3 is 24.6 Å². The smallest absolute Gasteiger partial charge is 0.294 e. The van der Waals surface area contributed by atoms with Gasteiger partial charge >= 0.3 is 0 Å². The molecule has 1 N–H and O–H groups in total. The number of nitro groups is 1. The highest BCUT2D eigenvalue weighted by molar-refractivity contribution is 5.84. The van der Waals surface area contributed by atoms with Gasteiger partial charge in [0.05, 0.1) is 36.0 Å². The van der Waals surface area contributed by atoms with Gasteiger partial charge in [-0.25, -0.2) is 9.67 Å². The van der Waals surface area contributed by atoms with Gasteiger partial charge in [0.25, 0.3) is 5.69 Å². The Morgan fingerprint density at radius 2 is 1.86 bits per heavy atom. The summed E-state index contributed by atoms with van der Waals surface area (Å²) in [5, 5.41) is 20.6. The van der Waals surface area contributed by atoms with Crippen LogP contribution in [0.25, 0.3) is 16.7 Å². The molecule has 2 aromatic heterocycles. The molecule has 37 heavy (non-hydrogen) atoms. The van der Waals surface area contributed by atoms with E-state index in [4.69, 9.17) is 9.47 Å². The van der Waals surface area contributed by atoms with Crippen molar-refractivity contribution in [2.24, 2.45) is 0 Å². The molecule has 2 heterocycles. The Morgan fingerprint density at radius 3 is 2.54 bits per heavy atom. The standard InChI is InChI=1S/C25H30N8O4/c1-16-18-8-7-17(36-5)13-20(18)32(29-16)24-9-10-26-25(28-24)27-19-14-22(33(34)35)21(15-23(19)37-6)31(4)12-11-30(2)3/h7-10,13-15H,11-12H2,1-6H3,(H,26,27,28). The van der Waals surface area contributed by atoms with Gasteiger partial charge in [-0.2, -0.15) is 10.1 Å². The molecule has 0 unspecified atom stereocenters. The van der Waals surface area contributed by atoms with E-state index in [1.54, 1.807) is 30.1 Å². The fourth-order valence-corrected chi connectivity index (χ4v) is 3.95. The predicted octanol–water partition coefficient (Wildman–Crippen LogP) is 3.79. The van der Waals surface area contributed by atoms with Crippen molar-refractivity contribution in [2.45, 2.75) is 6.92 Å². The summed E-state index contributed by atoms with van der Waals surface area (Å²) in [6, 6.07) is 10.6. The maximum Gasteiger partial charge on any atom is 0.294 e. The highest BCUT2D eigenvalue weighted by atomic mass is 16.6. The number of hydrogen-bond donors (Lipinski definition) is 1. The molecule has 0 saturated carbocycles. The number of benzene rings is 2. The quantitative estimate of drug-likeness (QED) is 0.251. The lowest BCUT2D eigenvalue weighted by molar-refractivity contribution is -0.384. The Bertz CT molecular complexity index is 1440. The van der Waals surface area contributed by atoms with Crippen molar-refractivity contribution in [1.82, 2.24) is 24.6 Å². The van der Waals surface area contributed by atoms with E-state index in [2.05, 4.69) is 20.4 Å². The van der Waals surface area contributed by atoms with Crippen molar-refractivity contribution in [3.63, 3.8) is 0 Å². The normalized spacial score (nSPS) is 11.1. The molecule has 0 aliphatic rings. The highest BCUT2D eigenvalue weighted by Crippen LogP contribution is 2.39. The molecule has 0 amide bonds. The van der Waals surface area contributed by atoms with E-state index in [0.717, 1.165) is 23.1 Å². The number of nitro benzene ring substituents is 1. The van der Waals surface area contributed by atoms with E-state index in [9.17, 15) is 10.1 Å². The molecule has 0 aliphatic heterocycles. The zero-order chi connectivity index (χ0) is 26.7. The molecule has 0 atom stereocenters. The zero-order valence-corrected chi connectivity index (χ0v) is 21.7. The molecule has 4 rings (SSSR count). The molecular formula is C25H30N8O4. The Kier molecular flexibility index (Phi) is 7.39. The van der Waals surface area contributed by atoms with Gasteiger partial charge in [-0.15, -0.1) is 0 Å². The first-order chi connectivity index (χ1) is 17.7. The Balaban J connectivity index is 1.71. The fourth-order valence-electron chi connectivity index (χ4n) is 3.95. The van der Waals surface area contributed by atoms with E-state index < -0.39 is 4.92 Å². The van der Waals surface area contributed by atoms with Crippen LogP contribution in [0.15, 0.2) is 42.6 Å². The second-order valence-electron chi connectivity index (χ2n) is 8.77. The van der Waals surface area contributed by atoms with Crippen LogP contribution in [0, 0.1) is 17.0 Å². The van der Waals surface area contributed by atoms with Crippen molar-refractivity contribution in [3.05, 3.63) is 58.4 Å². The van der Waals surface area contributed by atoms with E-state index in [1.807, 2.05) is 56.1 Å². The van der Waals surface area contributed by atoms with Crippen LogP contribution in [-0.4, -0.2) is 78.0 Å². The van der Waals surface area contributed by atoms with Crippen molar-refractivity contribution < 1.29 is 14.4 Å². The zero-order valence-electron chi connectivity index (χ0n) is 21.7. The summed E-state index contributed by atoms with van der Waals surface area (Å²) in [6.07, 6.45) is 1.60. The fraction of sp³-hybridized carbons (Fsp3) is 0.320. The van der Waals surface area contributed by atoms with Crippen LogP contribution in [0.5, 0.6) is 11.5 Å². The molecule has 12 heteroatoms. The Morgan fingerprint density at radius 1 is 1.08 bits per heavy atom.